The van der Waals surface area contributed by atoms with Gasteiger partial charge in [-0.05, 0) is 68.1 Å². The lowest BCUT2D eigenvalue weighted by atomic mass is 9.89. The van der Waals surface area contributed by atoms with Crippen LogP contribution in [0.15, 0.2) is 36.4 Å². The normalized spacial score (nSPS) is 20.7. The highest BCUT2D eigenvalue weighted by Crippen LogP contribution is 2.38. The molecule has 8 nitrogen and oxygen atoms in total. The molecule has 3 aliphatic heterocycles. The predicted octanol–water partition coefficient (Wildman–Crippen LogP) is 4.03. The minimum Gasteiger partial charge on any atom is -0.493 e. The Kier molecular flexibility index (Phi) is 6.17. The first-order chi connectivity index (χ1) is 16.1. The zero-order valence-electron chi connectivity index (χ0n) is 19.1. The van der Waals surface area contributed by atoms with Crippen molar-refractivity contribution in [2.24, 2.45) is 0 Å². The molecule has 1 atom stereocenters. The highest BCUT2D eigenvalue weighted by molar-refractivity contribution is 5.90. The van der Waals surface area contributed by atoms with Crippen molar-refractivity contribution in [1.82, 2.24) is 4.90 Å². The van der Waals surface area contributed by atoms with Crippen LogP contribution >= 0.6 is 0 Å². The molecule has 0 N–H and O–H groups in total. The summed E-state index contributed by atoms with van der Waals surface area (Å²) in [5, 5.41) is 0. The molecule has 0 bridgehead atoms. The number of methoxy groups -OCH3 is 2. The van der Waals surface area contributed by atoms with E-state index in [0.29, 0.717) is 30.8 Å². The first-order valence-electron chi connectivity index (χ1n) is 11.5. The van der Waals surface area contributed by atoms with Gasteiger partial charge in [-0.2, -0.15) is 0 Å². The standard InChI is InChI=1S/C25H30N2O6/c1-29-21-6-4-19(14-23(21)30-2)27-15-20(33-25(27)28)9-12-26-10-7-17(8-11-26)18-3-5-22-24(13-18)32-16-31-22/h3-6,13-14,17,20H,7-12,15-16H2,1-2H3. The van der Waals surface area contributed by atoms with E-state index in [2.05, 4.69) is 17.0 Å². The number of carbonyl (C=O) groups is 1. The molecule has 2 aromatic carbocycles. The number of benzene rings is 2. The second-order valence-electron chi connectivity index (χ2n) is 8.67. The summed E-state index contributed by atoms with van der Waals surface area (Å²) < 4.78 is 27.2. The molecule has 2 fully saturated rings. The maximum Gasteiger partial charge on any atom is 0.414 e. The van der Waals surface area contributed by atoms with Crippen molar-refractivity contribution in [2.45, 2.75) is 31.3 Å². The maximum absolute atomic E-state index is 12.5. The molecular weight excluding hydrogens is 424 g/mol. The third-order valence-corrected chi connectivity index (χ3v) is 6.78. The summed E-state index contributed by atoms with van der Waals surface area (Å²) in [7, 11) is 3.18. The van der Waals surface area contributed by atoms with Crippen LogP contribution in [0.1, 0.15) is 30.7 Å². The van der Waals surface area contributed by atoms with Crippen LogP contribution in [0.2, 0.25) is 0 Å². The van der Waals surface area contributed by atoms with Crippen molar-refractivity contribution in [2.75, 3.05) is 52.1 Å². The topological polar surface area (TPSA) is 69.7 Å². The van der Waals surface area contributed by atoms with Gasteiger partial charge >= 0.3 is 6.09 Å². The van der Waals surface area contributed by atoms with Crippen LogP contribution in [0.4, 0.5) is 10.5 Å². The van der Waals surface area contributed by atoms with E-state index < -0.39 is 0 Å². The fraction of sp³-hybridized carbons (Fsp3) is 0.480. The molecular formula is C25H30N2O6. The Morgan fingerprint density at radius 3 is 2.55 bits per heavy atom. The number of nitrogens with zero attached hydrogens (tertiary/aromatic N) is 2. The summed E-state index contributed by atoms with van der Waals surface area (Å²) in [6, 6.07) is 11.8. The van der Waals surface area contributed by atoms with Crippen LogP contribution in [-0.2, 0) is 4.74 Å². The van der Waals surface area contributed by atoms with E-state index in [-0.39, 0.29) is 12.2 Å². The molecule has 0 spiro atoms. The lowest BCUT2D eigenvalue weighted by Gasteiger charge is -2.32. The van der Waals surface area contributed by atoms with Crippen LogP contribution < -0.4 is 23.8 Å². The minimum atomic E-state index is -0.311. The maximum atomic E-state index is 12.5. The summed E-state index contributed by atoms with van der Waals surface area (Å²) in [5.74, 6) is 3.47. The second-order valence-corrected chi connectivity index (χ2v) is 8.67. The Labute approximate surface area is 193 Å². The molecule has 3 heterocycles. The fourth-order valence-corrected chi connectivity index (χ4v) is 4.86. The van der Waals surface area contributed by atoms with Gasteiger partial charge in [0.25, 0.3) is 0 Å². The van der Waals surface area contributed by atoms with Gasteiger partial charge in [0.15, 0.2) is 23.0 Å². The van der Waals surface area contributed by atoms with Crippen molar-refractivity contribution >= 4 is 11.8 Å². The number of cyclic esters (lactones) is 1. The van der Waals surface area contributed by atoms with Gasteiger partial charge in [0.05, 0.1) is 26.5 Å². The van der Waals surface area contributed by atoms with Crippen molar-refractivity contribution < 1.29 is 28.5 Å². The van der Waals surface area contributed by atoms with Gasteiger partial charge in [0.1, 0.15) is 6.10 Å². The Morgan fingerprint density at radius 2 is 1.76 bits per heavy atom. The first-order valence-corrected chi connectivity index (χ1v) is 11.5. The van der Waals surface area contributed by atoms with Gasteiger partial charge in [-0.15, -0.1) is 0 Å². The number of anilines is 1. The molecule has 2 saturated heterocycles. The van der Waals surface area contributed by atoms with E-state index in [1.54, 1.807) is 25.2 Å². The summed E-state index contributed by atoms with van der Waals surface area (Å²) in [6.45, 7) is 3.86. The van der Waals surface area contributed by atoms with E-state index in [0.717, 1.165) is 56.1 Å². The average Bonchev–Trinajstić information content (AvgIpc) is 3.48. The number of fused-ring (bicyclic) bond motifs is 1. The van der Waals surface area contributed by atoms with Crippen LogP contribution in [0, 0.1) is 0 Å². The number of ether oxygens (including phenoxy) is 5. The van der Waals surface area contributed by atoms with E-state index in [1.165, 1.54) is 5.56 Å². The van der Waals surface area contributed by atoms with E-state index in [9.17, 15) is 4.79 Å². The highest BCUT2D eigenvalue weighted by atomic mass is 16.7. The molecule has 3 aliphatic rings. The summed E-state index contributed by atoms with van der Waals surface area (Å²) in [5.41, 5.74) is 2.08. The Balaban J connectivity index is 1.11. The lowest BCUT2D eigenvalue weighted by Crippen LogP contribution is -2.35. The Morgan fingerprint density at radius 1 is 0.970 bits per heavy atom. The first kappa shape index (κ1) is 21.7. The number of rotatable bonds is 7. The van der Waals surface area contributed by atoms with Gasteiger partial charge in [-0.3, -0.25) is 4.90 Å². The van der Waals surface area contributed by atoms with Gasteiger partial charge in [-0.1, -0.05) is 6.07 Å². The van der Waals surface area contributed by atoms with E-state index in [1.807, 2.05) is 18.2 Å². The quantitative estimate of drug-likeness (QED) is 0.626. The van der Waals surface area contributed by atoms with Gasteiger partial charge in [0, 0.05) is 12.6 Å². The van der Waals surface area contributed by atoms with Crippen molar-refractivity contribution in [1.29, 1.82) is 0 Å². The zero-order valence-corrected chi connectivity index (χ0v) is 19.1. The molecule has 1 unspecified atom stereocenters. The van der Waals surface area contributed by atoms with E-state index >= 15 is 0 Å². The number of hydrogen-bond donors (Lipinski definition) is 0. The SMILES string of the molecule is COc1ccc(N2CC(CCN3CCC(c4ccc5c(c4)OCO5)CC3)OC2=O)cc1OC. The summed E-state index contributed by atoms with van der Waals surface area (Å²) in [6.07, 6.45) is 2.62. The molecule has 2 aromatic rings. The zero-order chi connectivity index (χ0) is 22.8. The predicted molar refractivity (Wildman–Crippen MR) is 123 cm³/mol. The fourth-order valence-electron chi connectivity index (χ4n) is 4.86. The van der Waals surface area contributed by atoms with E-state index in [4.69, 9.17) is 23.7 Å². The van der Waals surface area contributed by atoms with Crippen LogP contribution in [-0.4, -0.2) is 64.3 Å². The summed E-state index contributed by atoms with van der Waals surface area (Å²) in [4.78, 5) is 16.6. The summed E-state index contributed by atoms with van der Waals surface area (Å²) >= 11 is 0. The Hall–Kier alpha value is -3.13. The molecule has 33 heavy (non-hydrogen) atoms. The van der Waals surface area contributed by atoms with Gasteiger partial charge in [0.2, 0.25) is 6.79 Å². The minimum absolute atomic E-state index is 0.114. The third kappa shape index (κ3) is 4.53. The van der Waals surface area contributed by atoms with Gasteiger partial charge < -0.3 is 28.6 Å². The number of amides is 1. The molecule has 8 heteroatoms. The highest BCUT2D eigenvalue weighted by Gasteiger charge is 2.33. The molecule has 0 aromatic heterocycles. The van der Waals surface area contributed by atoms with Crippen LogP contribution in [0.25, 0.3) is 0 Å². The average molecular weight is 455 g/mol. The largest absolute Gasteiger partial charge is 0.493 e. The van der Waals surface area contributed by atoms with Gasteiger partial charge in [-0.25, -0.2) is 4.79 Å². The molecule has 0 aliphatic carbocycles. The smallest absolute Gasteiger partial charge is 0.414 e. The number of piperidine rings is 1. The monoisotopic (exact) mass is 454 g/mol. The van der Waals surface area contributed by atoms with Crippen molar-refractivity contribution in [3.8, 4) is 23.0 Å². The molecule has 176 valence electrons. The lowest BCUT2D eigenvalue weighted by molar-refractivity contribution is 0.120. The Bertz CT molecular complexity index is 1000. The number of hydrogen-bond acceptors (Lipinski definition) is 7. The molecule has 0 radical (unpaired) electrons. The molecule has 5 rings (SSSR count). The van der Waals surface area contributed by atoms with Crippen molar-refractivity contribution in [3.05, 3.63) is 42.0 Å². The van der Waals surface area contributed by atoms with Crippen LogP contribution in [0.3, 0.4) is 0 Å². The van der Waals surface area contributed by atoms with Crippen LogP contribution in [0.5, 0.6) is 23.0 Å². The molecule has 1 amide bonds. The van der Waals surface area contributed by atoms with Crippen molar-refractivity contribution in [3.63, 3.8) is 0 Å². The molecule has 0 saturated carbocycles. The third-order valence-electron chi connectivity index (χ3n) is 6.78. The number of carbonyl (C=O) groups excluding carboxylic acids is 1. The number of likely N-dealkylation sites (tertiary alicyclic amines) is 1. The second kappa shape index (κ2) is 9.39.